The van der Waals surface area contributed by atoms with Crippen LogP contribution in [0.4, 0.5) is 5.69 Å². The highest BCUT2D eigenvalue weighted by Crippen LogP contribution is 2.27. The number of aromatic nitrogens is 1. The molecule has 1 unspecified atom stereocenters. The van der Waals surface area contributed by atoms with Gasteiger partial charge in [-0.2, -0.15) is 0 Å². The van der Waals surface area contributed by atoms with Crippen LogP contribution in [-0.4, -0.2) is 41.5 Å². The van der Waals surface area contributed by atoms with Gasteiger partial charge in [0, 0.05) is 29.2 Å². The van der Waals surface area contributed by atoms with Gasteiger partial charge in [-0.1, -0.05) is 0 Å². The first-order chi connectivity index (χ1) is 10.2. The SMILES string of the molecule is Nc1ccc2[nH]c(C(=O)NC3CN4CCC3CC4)cc2c1. The van der Waals surface area contributed by atoms with E-state index in [-0.39, 0.29) is 11.9 Å². The molecule has 5 heteroatoms. The van der Waals surface area contributed by atoms with Gasteiger partial charge in [0.1, 0.15) is 5.69 Å². The zero-order valence-corrected chi connectivity index (χ0v) is 11.9. The number of anilines is 1. The molecule has 3 saturated heterocycles. The van der Waals surface area contributed by atoms with Gasteiger partial charge < -0.3 is 20.9 Å². The van der Waals surface area contributed by atoms with Crippen molar-refractivity contribution in [1.29, 1.82) is 0 Å². The Hall–Kier alpha value is -2.01. The van der Waals surface area contributed by atoms with Gasteiger partial charge in [-0.3, -0.25) is 4.79 Å². The molecule has 5 rings (SSSR count). The molecule has 3 aliphatic rings. The smallest absolute Gasteiger partial charge is 0.268 e. The van der Waals surface area contributed by atoms with Crippen molar-refractivity contribution < 1.29 is 4.79 Å². The van der Waals surface area contributed by atoms with E-state index < -0.39 is 0 Å². The predicted octanol–water partition coefficient (Wildman–Crippen LogP) is 1.57. The minimum Gasteiger partial charge on any atom is -0.399 e. The van der Waals surface area contributed by atoms with E-state index in [2.05, 4.69) is 15.2 Å². The second kappa shape index (κ2) is 4.77. The standard InChI is InChI=1S/C16H20N4O/c17-12-1-2-13-11(7-12)8-14(18-13)16(21)19-15-9-20-5-3-10(15)4-6-20/h1-2,7-8,10,15,18H,3-6,9,17H2,(H,19,21). The zero-order valence-electron chi connectivity index (χ0n) is 11.9. The molecule has 0 spiro atoms. The van der Waals surface area contributed by atoms with Gasteiger partial charge >= 0.3 is 0 Å². The summed E-state index contributed by atoms with van der Waals surface area (Å²) in [7, 11) is 0. The molecule has 3 fully saturated rings. The van der Waals surface area contributed by atoms with Crippen LogP contribution in [0.25, 0.3) is 10.9 Å². The minimum absolute atomic E-state index is 0.0106. The highest BCUT2D eigenvalue weighted by Gasteiger charge is 2.35. The van der Waals surface area contributed by atoms with Crippen LogP contribution in [0.15, 0.2) is 24.3 Å². The molecule has 0 saturated carbocycles. The molecule has 0 radical (unpaired) electrons. The van der Waals surface area contributed by atoms with Gasteiger partial charge in [0.15, 0.2) is 0 Å². The van der Waals surface area contributed by atoms with Crippen molar-refractivity contribution in [2.45, 2.75) is 18.9 Å². The van der Waals surface area contributed by atoms with Crippen LogP contribution in [-0.2, 0) is 0 Å². The molecule has 5 nitrogen and oxygen atoms in total. The van der Waals surface area contributed by atoms with Crippen LogP contribution >= 0.6 is 0 Å². The van der Waals surface area contributed by atoms with E-state index in [9.17, 15) is 4.79 Å². The number of H-pyrrole nitrogens is 1. The van der Waals surface area contributed by atoms with Crippen LogP contribution < -0.4 is 11.1 Å². The molecule has 4 heterocycles. The van der Waals surface area contributed by atoms with E-state index in [1.54, 1.807) is 0 Å². The Kier molecular flexibility index (Phi) is 2.89. The van der Waals surface area contributed by atoms with E-state index in [0.29, 0.717) is 17.3 Å². The van der Waals surface area contributed by atoms with Gasteiger partial charge in [-0.15, -0.1) is 0 Å². The van der Waals surface area contributed by atoms with Crippen molar-refractivity contribution in [1.82, 2.24) is 15.2 Å². The number of benzene rings is 1. The predicted molar refractivity (Wildman–Crippen MR) is 83.1 cm³/mol. The topological polar surface area (TPSA) is 74.1 Å². The maximum absolute atomic E-state index is 12.5. The second-order valence-electron chi connectivity index (χ2n) is 6.25. The molecular weight excluding hydrogens is 264 g/mol. The quantitative estimate of drug-likeness (QED) is 0.733. The molecule has 2 aromatic rings. The highest BCUT2D eigenvalue weighted by molar-refractivity contribution is 5.98. The number of hydrogen-bond donors (Lipinski definition) is 3. The summed E-state index contributed by atoms with van der Waals surface area (Å²) < 4.78 is 0. The van der Waals surface area contributed by atoms with Crippen molar-refractivity contribution >= 4 is 22.5 Å². The largest absolute Gasteiger partial charge is 0.399 e. The number of hydrogen-bond acceptors (Lipinski definition) is 3. The fraction of sp³-hybridized carbons (Fsp3) is 0.438. The lowest BCUT2D eigenvalue weighted by Gasteiger charge is -2.44. The number of piperidine rings is 3. The monoisotopic (exact) mass is 284 g/mol. The number of amides is 1. The third kappa shape index (κ3) is 2.27. The van der Waals surface area contributed by atoms with E-state index >= 15 is 0 Å². The molecular formula is C16H20N4O. The zero-order chi connectivity index (χ0) is 14.4. The summed E-state index contributed by atoms with van der Waals surface area (Å²) in [4.78, 5) is 18.1. The summed E-state index contributed by atoms with van der Waals surface area (Å²) in [5.41, 5.74) is 8.06. The molecule has 4 N–H and O–H groups in total. The van der Waals surface area contributed by atoms with E-state index in [1.807, 2.05) is 24.3 Å². The van der Waals surface area contributed by atoms with E-state index in [1.165, 1.54) is 25.9 Å². The minimum atomic E-state index is -0.0106. The summed E-state index contributed by atoms with van der Waals surface area (Å²) in [5.74, 6) is 0.627. The average Bonchev–Trinajstić information content (AvgIpc) is 2.91. The second-order valence-corrected chi connectivity index (χ2v) is 6.25. The summed E-state index contributed by atoms with van der Waals surface area (Å²) in [6.45, 7) is 3.36. The van der Waals surface area contributed by atoms with Gasteiger partial charge in [-0.05, 0) is 56.1 Å². The molecule has 0 aliphatic carbocycles. The Morgan fingerprint density at radius 3 is 2.81 bits per heavy atom. The fourth-order valence-electron chi connectivity index (χ4n) is 3.65. The molecule has 2 bridgehead atoms. The molecule has 3 aliphatic heterocycles. The Balaban J connectivity index is 1.53. The third-order valence-electron chi connectivity index (χ3n) is 4.86. The van der Waals surface area contributed by atoms with Gasteiger partial charge in [0.2, 0.25) is 0 Å². The molecule has 1 atom stereocenters. The van der Waals surface area contributed by atoms with Crippen molar-refractivity contribution in [3.63, 3.8) is 0 Å². The van der Waals surface area contributed by atoms with Crippen molar-refractivity contribution in [3.05, 3.63) is 30.0 Å². The highest BCUT2D eigenvalue weighted by atomic mass is 16.2. The lowest BCUT2D eigenvalue weighted by atomic mass is 9.84. The lowest BCUT2D eigenvalue weighted by molar-refractivity contribution is 0.0618. The van der Waals surface area contributed by atoms with E-state index in [4.69, 9.17) is 5.73 Å². The summed E-state index contributed by atoms with van der Waals surface area (Å²) in [6, 6.07) is 7.81. The number of nitrogen functional groups attached to an aromatic ring is 1. The Morgan fingerprint density at radius 1 is 1.29 bits per heavy atom. The number of carbonyl (C=O) groups excluding carboxylic acids is 1. The van der Waals surface area contributed by atoms with Crippen LogP contribution in [0.5, 0.6) is 0 Å². The average molecular weight is 284 g/mol. The lowest BCUT2D eigenvalue weighted by Crippen LogP contribution is -2.57. The summed E-state index contributed by atoms with van der Waals surface area (Å²) in [5, 5.41) is 4.18. The van der Waals surface area contributed by atoms with Gasteiger partial charge in [0.25, 0.3) is 5.91 Å². The third-order valence-corrected chi connectivity index (χ3v) is 4.86. The first-order valence-electron chi connectivity index (χ1n) is 7.60. The van der Waals surface area contributed by atoms with Gasteiger partial charge in [0.05, 0.1) is 0 Å². The van der Waals surface area contributed by atoms with Gasteiger partial charge in [-0.25, -0.2) is 0 Å². The number of nitrogens with one attached hydrogen (secondary N) is 2. The molecule has 1 amide bonds. The van der Waals surface area contributed by atoms with Crippen LogP contribution in [0.3, 0.4) is 0 Å². The first-order valence-corrected chi connectivity index (χ1v) is 7.60. The number of nitrogens with zero attached hydrogens (tertiary/aromatic N) is 1. The van der Waals surface area contributed by atoms with E-state index in [0.717, 1.165) is 17.4 Å². The summed E-state index contributed by atoms with van der Waals surface area (Å²) >= 11 is 0. The molecule has 110 valence electrons. The number of rotatable bonds is 2. The van der Waals surface area contributed by atoms with Crippen molar-refractivity contribution in [2.75, 3.05) is 25.4 Å². The number of nitrogens with two attached hydrogens (primary N) is 1. The summed E-state index contributed by atoms with van der Waals surface area (Å²) in [6.07, 6.45) is 2.41. The van der Waals surface area contributed by atoms with Crippen LogP contribution in [0.2, 0.25) is 0 Å². The molecule has 1 aromatic carbocycles. The Labute approximate surface area is 123 Å². The van der Waals surface area contributed by atoms with Crippen LogP contribution in [0, 0.1) is 5.92 Å². The number of fused-ring (bicyclic) bond motifs is 4. The maximum Gasteiger partial charge on any atom is 0.268 e. The number of carbonyl (C=O) groups is 1. The normalized spacial score (nSPS) is 27.9. The number of aromatic amines is 1. The van der Waals surface area contributed by atoms with Crippen molar-refractivity contribution in [2.24, 2.45) is 5.92 Å². The Morgan fingerprint density at radius 2 is 2.10 bits per heavy atom. The van der Waals surface area contributed by atoms with Crippen molar-refractivity contribution in [3.8, 4) is 0 Å². The fourth-order valence-corrected chi connectivity index (χ4v) is 3.65. The first kappa shape index (κ1) is 12.7. The Bertz CT molecular complexity index is 685. The maximum atomic E-state index is 12.5. The molecule has 21 heavy (non-hydrogen) atoms. The van der Waals surface area contributed by atoms with Crippen LogP contribution in [0.1, 0.15) is 23.3 Å². The molecule has 1 aromatic heterocycles.